The number of Topliss-reactive ketones (excluding diaryl/α,β-unsaturated/α-hetero) is 1. The van der Waals surface area contributed by atoms with Gasteiger partial charge in [0.2, 0.25) is 0 Å². The Labute approximate surface area is 167 Å². The zero-order chi connectivity index (χ0) is 20.1. The molecule has 2 aliphatic heterocycles. The van der Waals surface area contributed by atoms with Gasteiger partial charge in [-0.05, 0) is 30.5 Å². The van der Waals surface area contributed by atoms with Crippen molar-refractivity contribution in [2.24, 2.45) is 5.92 Å². The summed E-state index contributed by atoms with van der Waals surface area (Å²) < 4.78 is 4.93. The molecular weight excluding hydrogens is 368 g/mol. The smallest absolute Gasteiger partial charge is 0.316 e. The Balaban J connectivity index is 1.62. The Hall–Kier alpha value is -3.19. The second kappa shape index (κ2) is 6.70. The average molecular weight is 390 g/mol. The van der Waals surface area contributed by atoms with Crippen LogP contribution in [0.2, 0.25) is 0 Å². The number of para-hydroxylation sites is 1. The molecule has 3 N–H and O–H groups in total. The molecule has 29 heavy (non-hydrogen) atoms. The van der Waals surface area contributed by atoms with Gasteiger partial charge in [-0.15, -0.1) is 0 Å². The number of hydrogen-bond donors (Lipinski definition) is 2. The average Bonchev–Trinajstić information content (AvgIpc) is 3.10. The van der Waals surface area contributed by atoms with Crippen LogP contribution >= 0.6 is 0 Å². The van der Waals surface area contributed by atoms with Crippen LogP contribution in [0.5, 0.6) is 0 Å². The highest BCUT2D eigenvalue weighted by molar-refractivity contribution is 6.03. The molecule has 1 fully saturated rings. The number of nitrogens with zero attached hydrogens (tertiary/aromatic N) is 2. The molecule has 7 heteroatoms. The van der Waals surface area contributed by atoms with Gasteiger partial charge in [-0.2, -0.15) is 0 Å². The van der Waals surface area contributed by atoms with Gasteiger partial charge in [0, 0.05) is 34.9 Å². The number of nitrogen functional groups attached to an aromatic ring is 1. The number of anilines is 1. The van der Waals surface area contributed by atoms with Gasteiger partial charge in [0.15, 0.2) is 5.78 Å². The molecule has 5 rings (SSSR count). The maximum atomic E-state index is 13.3. The topological polar surface area (TPSA) is 101 Å². The van der Waals surface area contributed by atoms with Gasteiger partial charge in [0.1, 0.15) is 11.7 Å². The molecule has 3 aromatic rings. The van der Waals surface area contributed by atoms with Crippen LogP contribution in [0.1, 0.15) is 29.3 Å². The van der Waals surface area contributed by atoms with Crippen LogP contribution in [0, 0.1) is 5.92 Å². The number of carbonyl (C=O) groups excluding carboxylic acids is 2. The highest BCUT2D eigenvalue weighted by Gasteiger charge is 2.50. The molecule has 0 spiro atoms. The molecule has 1 aromatic carbocycles. The van der Waals surface area contributed by atoms with E-state index in [-0.39, 0.29) is 11.8 Å². The number of aromatic amines is 1. The number of esters is 1. The maximum Gasteiger partial charge on any atom is 0.316 e. The van der Waals surface area contributed by atoms with Gasteiger partial charge in [-0.3, -0.25) is 14.5 Å². The Morgan fingerprint density at radius 1 is 1.28 bits per heavy atom. The molecule has 3 atom stereocenters. The number of benzene rings is 1. The SMILES string of the molecule is COC(=O)C1C[C@H]2c3[nH]c4ccccc4c3CC(C1=O)N2Cc1cccnc1N. The van der Waals surface area contributed by atoms with E-state index in [0.29, 0.717) is 25.2 Å². The summed E-state index contributed by atoms with van der Waals surface area (Å²) in [6.45, 7) is 0.503. The fourth-order valence-corrected chi connectivity index (χ4v) is 4.86. The lowest BCUT2D eigenvalue weighted by molar-refractivity contribution is -0.156. The van der Waals surface area contributed by atoms with Crippen LogP contribution in [0.15, 0.2) is 42.6 Å². The highest BCUT2D eigenvalue weighted by atomic mass is 16.5. The number of nitrogens with two attached hydrogens (primary N) is 1. The standard InChI is InChI=1S/C22H22N4O3/c1-29-22(28)15-10-17-19-14(13-6-2-3-7-16(13)25-19)9-18(20(15)27)26(17)11-12-5-4-8-24-21(12)23/h2-8,15,17-18,25H,9-11H2,1H3,(H2,23,24)/t15?,17-,18?/m0/s1. The van der Waals surface area contributed by atoms with Crippen LogP contribution in [-0.4, -0.2) is 39.8 Å². The largest absolute Gasteiger partial charge is 0.468 e. The summed E-state index contributed by atoms with van der Waals surface area (Å²) in [7, 11) is 1.34. The fraction of sp³-hybridized carbons (Fsp3) is 0.318. The van der Waals surface area contributed by atoms with Gasteiger partial charge in [0.25, 0.3) is 0 Å². The second-order valence-corrected chi connectivity index (χ2v) is 7.73. The first-order chi connectivity index (χ1) is 14.1. The van der Waals surface area contributed by atoms with E-state index < -0.39 is 17.9 Å². The van der Waals surface area contributed by atoms with E-state index >= 15 is 0 Å². The third kappa shape index (κ3) is 2.73. The fourth-order valence-electron chi connectivity index (χ4n) is 4.86. The molecule has 4 heterocycles. The molecule has 0 amide bonds. The summed E-state index contributed by atoms with van der Waals surface area (Å²) in [6, 6.07) is 11.4. The molecule has 148 valence electrons. The summed E-state index contributed by atoms with van der Waals surface area (Å²) in [6.07, 6.45) is 2.61. The number of fused-ring (bicyclic) bond motifs is 6. The van der Waals surface area contributed by atoms with Crippen molar-refractivity contribution in [3.63, 3.8) is 0 Å². The zero-order valence-electron chi connectivity index (χ0n) is 16.1. The number of H-pyrrole nitrogens is 1. The molecule has 2 aromatic heterocycles. The summed E-state index contributed by atoms with van der Waals surface area (Å²) in [5.41, 5.74) is 10.2. The number of ketones is 1. The van der Waals surface area contributed by atoms with Crippen molar-refractivity contribution < 1.29 is 14.3 Å². The summed E-state index contributed by atoms with van der Waals surface area (Å²) in [5.74, 6) is -0.807. The molecular formula is C22H22N4O3. The van der Waals surface area contributed by atoms with Crippen LogP contribution in [0.4, 0.5) is 5.82 Å². The Kier molecular flexibility index (Phi) is 4.13. The number of ether oxygens (including phenoxy) is 1. The minimum absolute atomic E-state index is 0.0773. The maximum absolute atomic E-state index is 13.3. The zero-order valence-corrected chi connectivity index (χ0v) is 16.1. The molecule has 0 radical (unpaired) electrons. The van der Waals surface area contributed by atoms with E-state index in [0.717, 1.165) is 22.2 Å². The molecule has 0 saturated carbocycles. The van der Waals surface area contributed by atoms with E-state index in [9.17, 15) is 9.59 Å². The molecule has 1 saturated heterocycles. The molecule has 2 unspecified atom stereocenters. The van der Waals surface area contributed by atoms with Crippen molar-refractivity contribution in [3.8, 4) is 0 Å². The van der Waals surface area contributed by atoms with Crippen molar-refractivity contribution in [3.05, 3.63) is 59.4 Å². The third-order valence-corrected chi connectivity index (χ3v) is 6.27. The predicted molar refractivity (Wildman–Crippen MR) is 108 cm³/mol. The minimum Gasteiger partial charge on any atom is -0.468 e. The quantitative estimate of drug-likeness (QED) is 0.526. The first-order valence-electron chi connectivity index (χ1n) is 9.74. The first kappa shape index (κ1) is 17.9. The molecule has 2 bridgehead atoms. The van der Waals surface area contributed by atoms with Crippen LogP contribution in [-0.2, 0) is 27.3 Å². The number of pyridine rings is 1. The Bertz CT molecular complexity index is 1120. The van der Waals surface area contributed by atoms with Gasteiger partial charge in [-0.1, -0.05) is 24.3 Å². The normalized spacial score (nSPS) is 23.8. The first-order valence-corrected chi connectivity index (χ1v) is 9.74. The highest BCUT2D eigenvalue weighted by Crippen LogP contribution is 2.45. The van der Waals surface area contributed by atoms with Crippen molar-refractivity contribution in [1.82, 2.24) is 14.9 Å². The molecule has 2 aliphatic rings. The number of methoxy groups -OCH3 is 1. The minimum atomic E-state index is -0.739. The number of carbonyl (C=O) groups is 2. The number of nitrogens with one attached hydrogen (secondary N) is 1. The van der Waals surface area contributed by atoms with E-state index in [2.05, 4.69) is 20.9 Å². The summed E-state index contributed by atoms with van der Waals surface area (Å²) in [5, 5.41) is 1.14. The number of rotatable bonds is 3. The summed E-state index contributed by atoms with van der Waals surface area (Å²) >= 11 is 0. The summed E-state index contributed by atoms with van der Waals surface area (Å²) in [4.78, 5) is 35.5. The van der Waals surface area contributed by atoms with Crippen LogP contribution < -0.4 is 5.73 Å². The monoisotopic (exact) mass is 390 g/mol. The van der Waals surface area contributed by atoms with Gasteiger partial charge in [0.05, 0.1) is 19.2 Å². The van der Waals surface area contributed by atoms with E-state index in [1.807, 2.05) is 30.3 Å². The van der Waals surface area contributed by atoms with Gasteiger partial charge >= 0.3 is 5.97 Å². The van der Waals surface area contributed by atoms with Crippen molar-refractivity contribution in [2.45, 2.75) is 31.5 Å². The van der Waals surface area contributed by atoms with Gasteiger partial charge in [-0.25, -0.2) is 4.98 Å². The van der Waals surface area contributed by atoms with E-state index in [1.54, 1.807) is 6.20 Å². The Morgan fingerprint density at radius 3 is 2.90 bits per heavy atom. The van der Waals surface area contributed by atoms with E-state index in [4.69, 9.17) is 10.5 Å². The van der Waals surface area contributed by atoms with Gasteiger partial charge < -0.3 is 15.5 Å². The number of piperidine rings is 1. The van der Waals surface area contributed by atoms with Crippen LogP contribution in [0.3, 0.4) is 0 Å². The van der Waals surface area contributed by atoms with E-state index in [1.165, 1.54) is 12.7 Å². The number of hydrogen-bond acceptors (Lipinski definition) is 6. The Morgan fingerprint density at radius 2 is 2.10 bits per heavy atom. The second-order valence-electron chi connectivity index (χ2n) is 7.73. The van der Waals surface area contributed by atoms with Crippen molar-refractivity contribution in [1.29, 1.82) is 0 Å². The lowest BCUT2D eigenvalue weighted by atomic mass is 9.76. The molecule has 7 nitrogen and oxygen atoms in total. The van der Waals surface area contributed by atoms with Crippen molar-refractivity contribution >= 4 is 28.5 Å². The number of aromatic nitrogens is 2. The van der Waals surface area contributed by atoms with Crippen molar-refractivity contribution in [2.75, 3.05) is 12.8 Å². The lowest BCUT2D eigenvalue weighted by Crippen LogP contribution is -2.56. The third-order valence-electron chi connectivity index (χ3n) is 6.27. The lowest BCUT2D eigenvalue weighted by Gasteiger charge is -2.46. The molecule has 0 aliphatic carbocycles. The predicted octanol–water partition coefficient (Wildman–Crippen LogP) is 2.38. The van der Waals surface area contributed by atoms with Crippen LogP contribution in [0.25, 0.3) is 10.9 Å².